The second kappa shape index (κ2) is 7.07. The Morgan fingerprint density at radius 2 is 1.79 bits per heavy atom. The fraction of sp³-hybridized carbons (Fsp3) is 0.211. The van der Waals surface area contributed by atoms with Crippen LogP contribution in [0.3, 0.4) is 0 Å². The molecule has 0 unspecified atom stereocenters. The number of benzene rings is 2. The second-order valence-electron chi connectivity index (χ2n) is 5.98. The van der Waals surface area contributed by atoms with Crippen molar-refractivity contribution in [2.75, 3.05) is 14.1 Å². The van der Waals surface area contributed by atoms with E-state index in [1.165, 1.54) is 6.07 Å². The summed E-state index contributed by atoms with van der Waals surface area (Å²) in [5, 5.41) is 11.4. The molecule has 0 saturated heterocycles. The van der Waals surface area contributed by atoms with Gasteiger partial charge in [0.05, 0.1) is 5.39 Å². The lowest BCUT2D eigenvalue weighted by molar-refractivity contribution is 0.386. The van der Waals surface area contributed by atoms with E-state index in [4.69, 9.17) is 4.42 Å². The normalized spacial score (nSPS) is 10.8. The van der Waals surface area contributed by atoms with Crippen LogP contribution in [0.1, 0.15) is 11.1 Å². The van der Waals surface area contributed by atoms with Gasteiger partial charge >= 0.3 is 5.63 Å². The summed E-state index contributed by atoms with van der Waals surface area (Å²) in [6.45, 7) is 2.52. The Bertz CT molecular complexity index is 917. The van der Waals surface area contributed by atoms with Crippen molar-refractivity contribution in [3.05, 3.63) is 64.0 Å². The number of nitrogens with zero attached hydrogens (tertiary/aromatic N) is 1. The molecule has 0 amide bonds. The van der Waals surface area contributed by atoms with E-state index >= 15 is 0 Å². The van der Waals surface area contributed by atoms with Crippen LogP contribution in [0.15, 0.2) is 51.7 Å². The van der Waals surface area contributed by atoms with E-state index in [2.05, 4.69) is 0 Å². The summed E-state index contributed by atoms with van der Waals surface area (Å²) < 4.78 is 5.32. The van der Waals surface area contributed by atoms with Crippen LogP contribution in [-0.2, 0) is 6.54 Å². The fourth-order valence-electron chi connectivity index (χ4n) is 2.84. The van der Waals surface area contributed by atoms with Crippen LogP contribution in [0.2, 0.25) is 0 Å². The molecule has 24 heavy (non-hydrogen) atoms. The Kier molecular flexibility index (Phi) is 5.32. The van der Waals surface area contributed by atoms with Crippen LogP contribution >= 0.6 is 12.4 Å². The maximum atomic E-state index is 11.9. The smallest absolute Gasteiger partial charge is 0.336 e. The standard InChI is InChI=1S/C19H19NO3.ClH/c1-12-9-16-18(19(22)15(12)11-20(2)3)14(10-17(21)23-16)13-7-5-4-6-8-13;/h4-10,22H,11H2,1-3H3;1H. The van der Waals surface area contributed by atoms with Gasteiger partial charge < -0.3 is 14.4 Å². The first kappa shape index (κ1) is 18.0. The maximum Gasteiger partial charge on any atom is 0.336 e. The van der Waals surface area contributed by atoms with Gasteiger partial charge in [0.2, 0.25) is 0 Å². The minimum Gasteiger partial charge on any atom is -0.507 e. The van der Waals surface area contributed by atoms with Crippen LogP contribution in [0.25, 0.3) is 22.1 Å². The van der Waals surface area contributed by atoms with E-state index in [0.29, 0.717) is 23.1 Å². The quantitative estimate of drug-likeness (QED) is 0.730. The first-order chi connectivity index (χ1) is 11.0. The molecule has 1 N–H and O–H groups in total. The second-order valence-corrected chi connectivity index (χ2v) is 5.98. The molecule has 1 heterocycles. The van der Waals surface area contributed by atoms with Crippen molar-refractivity contribution in [1.82, 2.24) is 4.90 Å². The molecule has 5 heteroatoms. The molecule has 0 aliphatic rings. The van der Waals surface area contributed by atoms with Gasteiger partial charge in [-0.1, -0.05) is 30.3 Å². The lowest BCUT2D eigenvalue weighted by Crippen LogP contribution is -2.12. The van der Waals surface area contributed by atoms with Crippen LogP contribution in [0.4, 0.5) is 0 Å². The minimum atomic E-state index is -0.421. The van der Waals surface area contributed by atoms with Crippen LogP contribution in [0, 0.1) is 6.92 Å². The van der Waals surface area contributed by atoms with Crippen LogP contribution in [0.5, 0.6) is 5.75 Å². The van der Waals surface area contributed by atoms with E-state index in [0.717, 1.165) is 16.7 Å². The number of rotatable bonds is 3. The maximum absolute atomic E-state index is 11.9. The highest BCUT2D eigenvalue weighted by molar-refractivity contribution is 5.98. The number of phenols is 1. The van der Waals surface area contributed by atoms with Gasteiger partial charge in [0, 0.05) is 23.7 Å². The highest BCUT2D eigenvalue weighted by atomic mass is 35.5. The van der Waals surface area contributed by atoms with Gasteiger partial charge in [0.15, 0.2) is 0 Å². The van der Waals surface area contributed by atoms with Crippen LogP contribution in [-0.4, -0.2) is 24.1 Å². The van der Waals surface area contributed by atoms with Gasteiger partial charge in [-0.15, -0.1) is 12.4 Å². The number of halogens is 1. The molecular weight excluding hydrogens is 326 g/mol. The summed E-state index contributed by atoms with van der Waals surface area (Å²) >= 11 is 0. The number of hydrogen-bond acceptors (Lipinski definition) is 4. The molecule has 0 radical (unpaired) electrons. The molecule has 1 aromatic heterocycles. The number of fused-ring (bicyclic) bond motifs is 1. The third-order valence-electron chi connectivity index (χ3n) is 3.89. The summed E-state index contributed by atoms with van der Waals surface area (Å²) in [5.74, 6) is 0.177. The Labute approximate surface area is 146 Å². The first-order valence-corrected chi connectivity index (χ1v) is 7.47. The minimum absolute atomic E-state index is 0. The van der Waals surface area contributed by atoms with E-state index in [9.17, 15) is 9.90 Å². The molecule has 3 rings (SSSR count). The zero-order chi connectivity index (χ0) is 16.6. The third-order valence-corrected chi connectivity index (χ3v) is 3.89. The average molecular weight is 346 g/mol. The van der Waals surface area contributed by atoms with E-state index in [1.54, 1.807) is 0 Å². The summed E-state index contributed by atoms with van der Waals surface area (Å²) in [6, 6.07) is 12.8. The summed E-state index contributed by atoms with van der Waals surface area (Å²) in [7, 11) is 3.90. The van der Waals surface area contributed by atoms with Crippen molar-refractivity contribution in [3.63, 3.8) is 0 Å². The van der Waals surface area contributed by atoms with Crippen LogP contribution < -0.4 is 5.63 Å². The number of phenolic OH excluding ortho intramolecular Hbond substituents is 1. The number of aromatic hydroxyl groups is 1. The monoisotopic (exact) mass is 345 g/mol. The Hall–Kier alpha value is -2.30. The van der Waals surface area contributed by atoms with Gasteiger partial charge in [0.25, 0.3) is 0 Å². The Morgan fingerprint density at radius 1 is 1.12 bits per heavy atom. The molecule has 0 atom stereocenters. The molecule has 0 bridgehead atoms. The number of hydrogen-bond donors (Lipinski definition) is 1. The largest absolute Gasteiger partial charge is 0.507 e. The zero-order valence-electron chi connectivity index (χ0n) is 13.9. The highest BCUT2D eigenvalue weighted by Gasteiger charge is 2.17. The highest BCUT2D eigenvalue weighted by Crippen LogP contribution is 2.38. The van der Waals surface area contributed by atoms with Crippen molar-refractivity contribution >= 4 is 23.4 Å². The van der Waals surface area contributed by atoms with Crippen molar-refractivity contribution in [2.24, 2.45) is 0 Å². The van der Waals surface area contributed by atoms with Crippen molar-refractivity contribution < 1.29 is 9.52 Å². The third kappa shape index (κ3) is 3.30. The Morgan fingerprint density at radius 3 is 2.42 bits per heavy atom. The lowest BCUT2D eigenvalue weighted by atomic mass is 9.96. The SMILES string of the molecule is Cc1cc2oc(=O)cc(-c3ccccc3)c2c(O)c1CN(C)C.Cl. The van der Waals surface area contributed by atoms with Gasteiger partial charge in [-0.05, 0) is 38.2 Å². The predicted octanol–water partition coefficient (Wildman–Crippen LogP) is 3.96. The van der Waals surface area contributed by atoms with Gasteiger partial charge in [-0.25, -0.2) is 4.79 Å². The van der Waals surface area contributed by atoms with Gasteiger partial charge in [0.1, 0.15) is 11.3 Å². The topological polar surface area (TPSA) is 53.7 Å². The molecule has 2 aromatic carbocycles. The summed E-state index contributed by atoms with van der Waals surface area (Å²) in [5.41, 5.74) is 3.30. The molecule has 3 aromatic rings. The zero-order valence-corrected chi connectivity index (χ0v) is 14.7. The fourth-order valence-corrected chi connectivity index (χ4v) is 2.84. The molecule has 126 valence electrons. The molecular formula is C19H20ClNO3. The molecule has 0 aliphatic carbocycles. The molecule has 0 saturated carbocycles. The van der Waals surface area contributed by atoms with E-state index in [1.807, 2.05) is 62.3 Å². The average Bonchev–Trinajstić information content (AvgIpc) is 2.51. The predicted molar refractivity (Wildman–Crippen MR) is 99.0 cm³/mol. The van der Waals surface area contributed by atoms with E-state index < -0.39 is 5.63 Å². The Balaban J connectivity index is 0.00000208. The number of aryl methyl sites for hydroxylation is 1. The lowest BCUT2D eigenvalue weighted by Gasteiger charge is -2.17. The van der Waals surface area contributed by atoms with Crippen molar-refractivity contribution in [3.8, 4) is 16.9 Å². The summed E-state index contributed by atoms with van der Waals surface area (Å²) in [6.07, 6.45) is 0. The van der Waals surface area contributed by atoms with Gasteiger partial charge in [-0.3, -0.25) is 0 Å². The van der Waals surface area contributed by atoms with Gasteiger partial charge in [-0.2, -0.15) is 0 Å². The summed E-state index contributed by atoms with van der Waals surface area (Å²) in [4.78, 5) is 13.9. The van der Waals surface area contributed by atoms with E-state index in [-0.39, 0.29) is 18.2 Å². The molecule has 0 aliphatic heterocycles. The first-order valence-electron chi connectivity index (χ1n) is 7.47. The molecule has 0 fully saturated rings. The molecule has 0 spiro atoms. The molecule has 4 nitrogen and oxygen atoms in total. The van der Waals surface area contributed by atoms with Crippen molar-refractivity contribution in [1.29, 1.82) is 0 Å². The van der Waals surface area contributed by atoms with Crippen molar-refractivity contribution in [2.45, 2.75) is 13.5 Å².